The molecular weight excluding hydrogens is 232 g/mol. The van der Waals surface area contributed by atoms with Crippen molar-refractivity contribution in [2.24, 2.45) is 5.92 Å². The summed E-state index contributed by atoms with van der Waals surface area (Å²) < 4.78 is 0. The minimum atomic E-state index is 0.719. The zero-order valence-corrected chi connectivity index (χ0v) is 11.6. The number of fused-ring (bicyclic) bond motifs is 1. The fraction of sp³-hybridized carbons (Fsp3) is 0.471. The molecular formula is C17H22N2. The maximum absolute atomic E-state index is 4.43. The Morgan fingerprint density at radius 2 is 2.11 bits per heavy atom. The molecule has 2 aromatic rings. The highest BCUT2D eigenvalue weighted by molar-refractivity contribution is 5.81. The molecule has 0 spiro atoms. The zero-order chi connectivity index (χ0) is 13.1. The highest BCUT2D eigenvalue weighted by atomic mass is 14.9. The van der Waals surface area contributed by atoms with E-state index in [4.69, 9.17) is 0 Å². The van der Waals surface area contributed by atoms with Crippen molar-refractivity contribution in [2.75, 3.05) is 6.54 Å². The molecule has 0 aliphatic heterocycles. The van der Waals surface area contributed by atoms with Gasteiger partial charge in [0.25, 0.3) is 0 Å². The number of para-hydroxylation sites is 1. The normalized spacial score (nSPS) is 16.7. The second-order valence-electron chi connectivity index (χ2n) is 5.81. The Morgan fingerprint density at radius 1 is 1.26 bits per heavy atom. The van der Waals surface area contributed by atoms with Gasteiger partial charge in [0, 0.05) is 17.6 Å². The SMILES string of the molecule is CC(CCNC1CC1)Cc1ccnc2ccccc12. The molecule has 1 atom stereocenters. The number of nitrogens with one attached hydrogen (secondary N) is 1. The van der Waals surface area contributed by atoms with Crippen molar-refractivity contribution < 1.29 is 0 Å². The Hall–Kier alpha value is -1.41. The number of pyridine rings is 1. The molecule has 3 rings (SSSR count). The maximum atomic E-state index is 4.43. The molecule has 2 heteroatoms. The molecule has 0 saturated heterocycles. The van der Waals surface area contributed by atoms with Crippen LogP contribution < -0.4 is 5.32 Å². The van der Waals surface area contributed by atoms with E-state index in [9.17, 15) is 0 Å². The van der Waals surface area contributed by atoms with Gasteiger partial charge in [0.1, 0.15) is 0 Å². The van der Waals surface area contributed by atoms with Gasteiger partial charge in [-0.1, -0.05) is 25.1 Å². The molecule has 1 fully saturated rings. The highest BCUT2D eigenvalue weighted by Gasteiger charge is 2.20. The lowest BCUT2D eigenvalue weighted by Gasteiger charge is -2.13. The molecule has 19 heavy (non-hydrogen) atoms. The van der Waals surface area contributed by atoms with Crippen LogP contribution in [0.25, 0.3) is 10.9 Å². The van der Waals surface area contributed by atoms with Crippen LogP contribution in [0.5, 0.6) is 0 Å². The van der Waals surface area contributed by atoms with E-state index in [0.29, 0.717) is 0 Å². The number of aromatic nitrogens is 1. The van der Waals surface area contributed by atoms with E-state index < -0.39 is 0 Å². The Morgan fingerprint density at radius 3 is 2.95 bits per heavy atom. The lowest BCUT2D eigenvalue weighted by molar-refractivity contribution is 0.498. The van der Waals surface area contributed by atoms with Gasteiger partial charge < -0.3 is 5.32 Å². The second-order valence-corrected chi connectivity index (χ2v) is 5.81. The van der Waals surface area contributed by atoms with E-state index in [2.05, 4.69) is 47.6 Å². The first-order valence-corrected chi connectivity index (χ1v) is 7.39. The molecule has 1 unspecified atom stereocenters. The van der Waals surface area contributed by atoms with Crippen molar-refractivity contribution in [1.29, 1.82) is 0 Å². The summed E-state index contributed by atoms with van der Waals surface area (Å²) in [5.41, 5.74) is 2.55. The third-order valence-corrected chi connectivity index (χ3v) is 3.96. The fourth-order valence-corrected chi connectivity index (χ4v) is 2.63. The average molecular weight is 254 g/mol. The van der Waals surface area contributed by atoms with Crippen molar-refractivity contribution >= 4 is 10.9 Å². The molecule has 1 aromatic carbocycles. The second kappa shape index (κ2) is 5.70. The van der Waals surface area contributed by atoms with Gasteiger partial charge in [-0.05, 0) is 55.8 Å². The molecule has 0 bridgehead atoms. The van der Waals surface area contributed by atoms with Crippen molar-refractivity contribution in [3.63, 3.8) is 0 Å². The van der Waals surface area contributed by atoms with Crippen LogP contribution in [0.1, 0.15) is 31.7 Å². The number of hydrogen-bond acceptors (Lipinski definition) is 2. The summed E-state index contributed by atoms with van der Waals surface area (Å²) in [5, 5.41) is 4.91. The number of hydrogen-bond donors (Lipinski definition) is 1. The lowest BCUT2D eigenvalue weighted by atomic mass is 9.96. The molecule has 1 N–H and O–H groups in total. The van der Waals surface area contributed by atoms with E-state index in [1.54, 1.807) is 0 Å². The van der Waals surface area contributed by atoms with Gasteiger partial charge in [0.05, 0.1) is 5.52 Å². The van der Waals surface area contributed by atoms with Gasteiger partial charge in [-0.3, -0.25) is 4.98 Å². The number of rotatable bonds is 6. The minimum Gasteiger partial charge on any atom is -0.314 e. The summed E-state index contributed by atoms with van der Waals surface area (Å²) in [5.74, 6) is 0.719. The lowest BCUT2D eigenvalue weighted by Crippen LogP contribution is -2.20. The van der Waals surface area contributed by atoms with Gasteiger partial charge in [-0.2, -0.15) is 0 Å². The van der Waals surface area contributed by atoms with Crippen LogP contribution in [0.2, 0.25) is 0 Å². The molecule has 1 aromatic heterocycles. The summed E-state index contributed by atoms with van der Waals surface area (Å²) in [6, 6.07) is 11.4. The van der Waals surface area contributed by atoms with Crippen LogP contribution in [0.4, 0.5) is 0 Å². The van der Waals surface area contributed by atoms with E-state index in [1.165, 1.54) is 30.2 Å². The van der Waals surface area contributed by atoms with Gasteiger partial charge in [0.15, 0.2) is 0 Å². The van der Waals surface area contributed by atoms with Crippen molar-refractivity contribution in [2.45, 2.75) is 38.6 Å². The van der Waals surface area contributed by atoms with Gasteiger partial charge >= 0.3 is 0 Å². The first-order valence-electron chi connectivity index (χ1n) is 7.39. The first kappa shape index (κ1) is 12.6. The molecule has 0 amide bonds. The summed E-state index contributed by atoms with van der Waals surface area (Å²) in [4.78, 5) is 4.43. The largest absolute Gasteiger partial charge is 0.314 e. The Kier molecular flexibility index (Phi) is 3.79. The van der Waals surface area contributed by atoms with Gasteiger partial charge in [0.2, 0.25) is 0 Å². The van der Waals surface area contributed by atoms with Crippen LogP contribution in [0, 0.1) is 5.92 Å². The standard InChI is InChI=1S/C17H22N2/c1-13(8-10-18-15-6-7-15)12-14-9-11-19-17-5-3-2-4-16(14)17/h2-5,9,11,13,15,18H,6-8,10,12H2,1H3. The third kappa shape index (κ3) is 3.32. The fourth-order valence-electron chi connectivity index (χ4n) is 2.63. The predicted octanol–water partition coefficient (Wildman–Crippen LogP) is 3.56. The van der Waals surface area contributed by atoms with Crippen LogP contribution in [-0.4, -0.2) is 17.6 Å². The highest BCUT2D eigenvalue weighted by Crippen LogP contribution is 2.21. The summed E-state index contributed by atoms with van der Waals surface area (Å²) in [6.07, 6.45) is 7.10. The Balaban J connectivity index is 1.63. The monoisotopic (exact) mass is 254 g/mol. The Labute approximate surface area is 115 Å². The van der Waals surface area contributed by atoms with E-state index in [-0.39, 0.29) is 0 Å². The minimum absolute atomic E-state index is 0.719. The predicted molar refractivity (Wildman–Crippen MR) is 80.3 cm³/mol. The first-order chi connectivity index (χ1) is 9.33. The number of benzene rings is 1. The van der Waals surface area contributed by atoms with Crippen LogP contribution in [0.3, 0.4) is 0 Å². The summed E-state index contributed by atoms with van der Waals surface area (Å²) in [6.45, 7) is 3.51. The van der Waals surface area contributed by atoms with E-state index in [1.807, 2.05) is 6.20 Å². The maximum Gasteiger partial charge on any atom is 0.0704 e. The summed E-state index contributed by atoms with van der Waals surface area (Å²) in [7, 11) is 0. The molecule has 0 radical (unpaired) electrons. The van der Waals surface area contributed by atoms with E-state index >= 15 is 0 Å². The average Bonchev–Trinajstić information content (AvgIpc) is 3.23. The van der Waals surface area contributed by atoms with Gasteiger partial charge in [-0.25, -0.2) is 0 Å². The molecule has 1 saturated carbocycles. The number of nitrogens with zero attached hydrogens (tertiary/aromatic N) is 1. The Bertz CT molecular complexity index is 540. The smallest absolute Gasteiger partial charge is 0.0704 e. The molecule has 100 valence electrons. The van der Waals surface area contributed by atoms with Crippen molar-refractivity contribution in [1.82, 2.24) is 10.3 Å². The molecule has 1 aliphatic rings. The van der Waals surface area contributed by atoms with Gasteiger partial charge in [-0.15, -0.1) is 0 Å². The zero-order valence-electron chi connectivity index (χ0n) is 11.6. The van der Waals surface area contributed by atoms with E-state index in [0.717, 1.165) is 30.4 Å². The topological polar surface area (TPSA) is 24.9 Å². The summed E-state index contributed by atoms with van der Waals surface area (Å²) >= 11 is 0. The third-order valence-electron chi connectivity index (χ3n) is 3.96. The molecule has 2 nitrogen and oxygen atoms in total. The molecule has 1 aliphatic carbocycles. The van der Waals surface area contributed by atoms with Crippen LogP contribution in [0.15, 0.2) is 36.5 Å². The quantitative estimate of drug-likeness (QED) is 0.852. The van der Waals surface area contributed by atoms with Crippen LogP contribution in [-0.2, 0) is 6.42 Å². The molecule has 1 heterocycles. The van der Waals surface area contributed by atoms with Crippen molar-refractivity contribution in [3.8, 4) is 0 Å². The van der Waals surface area contributed by atoms with Crippen LogP contribution >= 0.6 is 0 Å². The van der Waals surface area contributed by atoms with Crippen molar-refractivity contribution in [3.05, 3.63) is 42.1 Å².